The molecule has 1 aliphatic rings. The van der Waals surface area contributed by atoms with Gasteiger partial charge in [0.2, 0.25) is 0 Å². The minimum Gasteiger partial charge on any atom is -0.386 e. The van der Waals surface area contributed by atoms with E-state index in [0.29, 0.717) is 0 Å². The summed E-state index contributed by atoms with van der Waals surface area (Å²) in [5, 5.41) is 27.4. The highest BCUT2D eigenvalue weighted by Crippen LogP contribution is 2.41. The van der Waals surface area contributed by atoms with E-state index in [-0.39, 0.29) is 0 Å². The maximum absolute atomic E-state index is 10.3. The molecule has 22 heavy (non-hydrogen) atoms. The molecule has 1 aliphatic carbocycles. The topological polar surface area (TPSA) is 40.5 Å². The molecule has 2 N–H and O–H groups in total. The monoisotopic (exact) mass is 286 g/mol. The lowest BCUT2D eigenvalue weighted by Crippen LogP contribution is -2.19. The molecule has 0 spiro atoms. The fraction of sp³-hybridized carbons (Fsp3) is 0.100. The molecule has 0 fully saturated rings. The van der Waals surface area contributed by atoms with Crippen molar-refractivity contribution in [3.8, 4) is 0 Å². The Labute approximate surface area is 127 Å². The fourth-order valence-electron chi connectivity index (χ4n) is 3.77. The maximum atomic E-state index is 10.3. The fourth-order valence-corrected chi connectivity index (χ4v) is 3.77. The molecular formula is C20H14O2. The van der Waals surface area contributed by atoms with E-state index in [9.17, 15) is 10.2 Å². The van der Waals surface area contributed by atoms with Crippen LogP contribution in [0.25, 0.3) is 38.4 Å². The molecular weight excluding hydrogens is 272 g/mol. The third-order valence-electron chi connectivity index (χ3n) is 4.82. The van der Waals surface area contributed by atoms with Gasteiger partial charge in [0.15, 0.2) is 0 Å². The second-order valence-electron chi connectivity index (χ2n) is 6.03. The van der Waals surface area contributed by atoms with Gasteiger partial charge in [0.1, 0.15) is 12.2 Å². The van der Waals surface area contributed by atoms with Gasteiger partial charge in [-0.05, 0) is 49.5 Å². The van der Waals surface area contributed by atoms with Gasteiger partial charge in [0, 0.05) is 0 Å². The zero-order valence-corrected chi connectivity index (χ0v) is 11.8. The Morgan fingerprint density at radius 3 is 2.32 bits per heavy atom. The second-order valence-corrected chi connectivity index (χ2v) is 6.03. The van der Waals surface area contributed by atoms with Gasteiger partial charge in [-0.1, -0.05) is 54.6 Å². The lowest BCUT2D eigenvalue weighted by Gasteiger charge is -2.24. The molecule has 0 radical (unpaired) electrons. The van der Waals surface area contributed by atoms with Crippen LogP contribution in [0.4, 0.5) is 0 Å². The van der Waals surface area contributed by atoms with Crippen LogP contribution >= 0.6 is 0 Å². The molecule has 0 amide bonds. The Morgan fingerprint density at radius 2 is 1.50 bits per heavy atom. The van der Waals surface area contributed by atoms with Crippen molar-refractivity contribution in [3.05, 3.63) is 65.7 Å². The molecule has 5 rings (SSSR count). The molecule has 0 aliphatic heterocycles. The summed E-state index contributed by atoms with van der Waals surface area (Å²) in [6.07, 6.45) is 1.91. The third-order valence-corrected chi connectivity index (χ3v) is 4.82. The molecule has 106 valence electrons. The SMILES string of the molecule is O[C@H]1C=Cc2c(cc3ccc4cccc5ccc2c3c45)[C@@H]1O. The lowest BCUT2D eigenvalue weighted by molar-refractivity contribution is 0.0472. The lowest BCUT2D eigenvalue weighted by atomic mass is 9.84. The van der Waals surface area contributed by atoms with Crippen LogP contribution in [0.3, 0.4) is 0 Å². The molecule has 0 heterocycles. The van der Waals surface area contributed by atoms with Crippen LogP contribution in [0.15, 0.2) is 54.6 Å². The molecule has 4 aromatic rings. The molecule has 2 heteroatoms. The summed E-state index contributed by atoms with van der Waals surface area (Å²) >= 11 is 0. The Bertz CT molecular complexity index is 1050. The first kappa shape index (κ1) is 12.2. The van der Waals surface area contributed by atoms with E-state index < -0.39 is 12.2 Å². The zero-order chi connectivity index (χ0) is 14.8. The van der Waals surface area contributed by atoms with E-state index in [4.69, 9.17) is 0 Å². The summed E-state index contributed by atoms with van der Waals surface area (Å²) in [4.78, 5) is 0. The van der Waals surface area contributed by atoms with Crippen molar-refractivity contribution >= 4 is 38.4 Å². The molecule has 2 nitrogen and oxygen atoms in total. The molecule has 0 bridgehead atoms. The molecule has 0 aromatic heterocycles. The predicted molar refractivity (Wildman–Crippen MR) is 90.1 cm³/mol. The molecule has 0 unspecified atom stereocenters. The summed E-state index contributed by atoms with van der Waals surface area (Å²) in [6, 6.07) is 16.8. The summed E-state index contributed by atoms with van der Waals surface area (Å²) in [5.41, 5.74) is 1.82. The zero-order valence-electron chi connectivity index (χ0n) is 11.8. The van der Waals surface area contributed by atoms with E-state index in [0.717, 1.165) is 21.9 Å². The van der Waals surface area contributed by atoms with Gasteiger partial charge < -0.3 is 10.2 Å². The number of fused-ring (bicyclic) bond motifs is 2. The average molecular weight is 286 g/mol. The Morgan fingerprint density at radius 1 is 0.773 bits per heavy atom. The van der Waals surface area contributed by atoms with Crippen LogP contribution in [0.1, 0.15) is 17.2 Å². The average Bonchev–Trinajstić information content (AvgIpc) is 2.56. The van der Waals surface area contributed by atoms with Crippen LogP contribution in [0.5, 0.6) is 0 Å². The number of benzene rings is 4. The van der Waals surface area contributed by atoms with Crippen LogP contribution in [-0.2, 0) is 0 Å². The summed E-state index contributed by atoms with van der Waals surface area (Å²) < 4.78 is 0. The first-order chi connectivity index (χ1) is 10.7. The van der Waals surface area contributed by atoms with Crippen molar-refractivity contribution in [2.24, 2.45) is 0 Å². The van der Waals surface area contributed by atoms with Crippen LogP contribution in [0.2, 0.25) is 0 Å². The number of rotatable bonds is 0. The number of hydrogen-bond donors (Lipinski definition) is 2. The van der Waals surface area contributed by atoms with Crippen LogP contribution in [0, 0.1) is 0 Å². The van der Waals surface area contributed by atoms with Gasteiger partial charge in [-0.15, -0.1) is 0 Å². The first-order valence-electron chi connectivity index (χ1n) is 7.49. The van der Waals surface area contributed by atoms with Crippen molar-refractivity contribution < 1.29 is 10.2 Å². The van der Waals surface area contributed by atoms with E-state index in [2.05, 4.69) is 42.5 Å². The van der Waals surface area contributed by atoms with E-state index in [1.807, 2.05) is 12.1 Å². The standard InChI is InChI=1S/C20H14O2/c21-17-9-8-14-15-7-6-12-3-1-2-11-4-5-13(19(15)18(11)12)10-16(14)20(17)22/h1-10,17,20-22H/t17-,20-/m0/s1. The van der Waals surface area contributed by atoms with Gasteiger partial charge in [0.25, 0.3) is 0 Å². The number of aliphatic hydroxyl groups excluding tert-OH is 2. The molecule has 4 aromatic carbocycles. The number of hydrogen-bond acceptors (Lipinski definition) is 2. The van der Waals surface area contributed by atoms with E-state index in [1.165, 1.54) is 21.5 Å². The molecule has 0 saturated carbocycles. The summed E-state index contributed by atoms with van der Waals surface area (Å²) in [6.45, 7) is 0. The van der Waals surface area contributed by atoms with E-state index in [1.54, 1.807) is 6.08 Å². The van der Waals surface area contributed by atoms with Gasteiger partial charge in [0.05, 0.1) is 0 Å². The number of aliphatic hydroxyl groups is 2. The van der Waals surface area contributed by atoms with Crippen molar-refractivity contribution in [1.82, 2.24) is 0 Å². The van der Waals surface area contributed by atoms with Crippen molar-refractivity contribution in [2.75, 3.05) is 0 Å². The van der Waals surface area contributed by atoms with Crippen molar-refractivity contribution in [1.29, 1.82) is 0 Å². The Kier molecular flexibility index (Phi) is 2.25. The van der Waals surface area contributed by atoms with Crippen LogP contribution < -0.4 is 0 Å². The van der Waals surface area contributed by atoms with E-state index >= 15 is 0 Å². The molecule has 2 atom stereocenters. The molecule has 0 saturated heterocycles. The first-order valence-corrected chi connectivity index (χ1v) is 7.49. The quantitative estimate of drug-likeness (QED) is 0.480. The Balaban J connectivity index is 2.05. The predicted octanol–water partition coefficient (Wildman–Crippen LogP) is 4.01. The van der Waals surface area contributed by atoms with Gasteiger partial charge in [-0.25, -0.2) is 0 Å². The minimum absolute atomic E-state index is 0.806. The highest BCUT2D eigenvalue weighted by atomic mass is 16.3. The second kappa shape index (κ2) is 4.07. The summed E-state index contributed by atoms with van der Waals surface area (Å²) in [7, 11) is 0. The normalized spacial score (nSPS) is 21.0. The maximum Gasteiger partial charge on any atom is 0.109 e. The van der Waals surface area contributed by atoms with Gasteiger partial charge in [-0.2, -0.15) is 0 Å². The van der Waals surface area contributed by atoms with Crippen molar-refractivity contribution in [3.63, 3.8) is 0 Å². The van der Waals surface area contributed by atoms with Gasteiger partial charge >= 0.3 is 0 Å². The minimum atomic E-state index is -0.859. The van der Waals surface area contributed by atoms with Gasteiger partial charge in [-0.3, -0.25) is 0 Å². The largest absolute Gasteiger partial charge is 0.386 e. The third kappa shape index (κ3) is 1.41. The summed E-state index contributed by atoms with van der Waals surface area (Å²) in [5.74, 6) is 0. The van der Waals surface area contributed by atoms with Crippen molar-refractivity contribution in [2.45, 2.75) is 12.2 Å². The smallest absolute Gasteiger partial charge is 0.109 e. The van der Waals surface area contributed by atoms with Crippen LogP contribution in [-0.4, -0.2) is 16.3 Å². The highest BCUT2D eigenvalue weighted by Gasteiger charge is 2.25. The Hall–Kier alpha value is -2.42. The highest BCUT2D eigenvalue weighted by molar-refractivity contribution is 6.24.